The van der Waals surface area contributed by atoms with Crippen LogP contribution in [-0.4, -0.2) is 15.8 Å². The lowest BCUT2D eigenvalue weighted by molar-refractivity contribution is 0.389. The number of nitrogens with zero attached hydrogens (tertiary/aromatic N) is 2. The van der Waals surface area contributed by atoms with Crippen LogP contribution in [0.1, 0.15) is 38.3 Å². The Morgan fingerprint density at radius 2 is 1.90 bits per heavy atom. The molecule has 108 valence electrons. The first-order valence-corrected chi connectivity index (χ1v) is 7.47. The second-order valence-electron chi connectivity index (χ2n) is 5.59. The number of rotatable bonds is 7. The second kappa shape index (κ2) is 7.25. The lowest BCUT2D eigenvalue weighted by Crippen LogP contribution is -2.31. The third-order valence-electron chi connectivity index (χ3n) is 4.00. The van der Waals surface area contributed by atoms with E-state index >= 15 is 0 Å². The molecule has 2 atom stereocenters. The van der Waals surface area contributed by atoms with Crippen molar-refractivity contribution >= 4 is 0 Å². The average molecular weight is 271 g/mol. The molecule has 2 unspecified atom stereocenters. The quantitative estimate of drug-likeness (QED) is 0.836. The van der Waals surface area contributed by atoms with Crippen molar-refractivity contribution in [1.82, 2.24) is 15.1 Å². The molecular formula is C17H25N3. The van der Waals surface area contributed by atoms with Crippen LogP contribution in [0.5, 0.6) is 0 Å². The van der Waals surface area contributed by atoms with Gasteiger partial charge in [-0.3, -0.25) is 4.68 Å². The van der Waals surface area contributed by atoms with Gasteiger partial charge in [-0.2, -0.15) is 5.10 Å². The average Bonchev–Trinajstić information content (AvgIpc) is 2.92. The summed E-state index contributed by atoms with van der Waals surface area (Å²) >= 11 is 0. The minimum Gasteiger partial charge on any atom is -0.310 e. The third-order valence-corrected chi connectivity index (χ3v) is 4.00. The minimum absolute atomic E-state index is 0.539. The van der Waals surface area contributed by atoms with Gasteiger partial charge in [0.05, 0.1) is 12.7 Å². The molecule has 0 aliphatic carbocycles. The lowest BCUT2D eigenvalue weighted by atomic mass is 10.0. The smallest absolute Gasteiger partial charge is 0.0659 e. The summed E-state index contributed by atoms with van der Waals surface area (Å²) in [5, 5.41) is 8.00. The van der Waals surface area contributed by atoms with E-state index < -0.39 is 0 Å². The SMILES string of the molecule is CCC(C)C(C)NCc1cnn(Cc2ccccc2)c1. The van der Waals surface area contributed by atoms with E-state index in [9.17, 15) is 0 Å². The van der Waals surface area contributed by atoms with Crippen LogP contribution < -0.4 is 5.32 Å². The standard InChI is InChI=1S/C17H25N3/c1-4-14(2)15(3)18-10-17-11-19-20(13-17)12-16-8-6-5-7-9-16/h5-9,11,13-15,18H,4,10,12H2,1-3H3. The van der Waals surface area contributed by atoms with E-state index in [1.165, 1.54) is 17.5 Å². The number of nitrogens with one attached hydrogen (secondary N) is 1. The van der Waals surface area contributed by atoms with Crippen LogP contribution in [0.3, 0.4) is 0 Å². The van der Waals surface area contributed by atoms with E-state index in [-0.39, 0.29) is 0 Å². The molecule has 20 heavy (non-hydrogen) atoms. The summed E-state index contributed by atoms with van der Waals surface area (Å²) in [5.74, 6) is 0.703. The molecule has 0 fully saturated rings. The van der Waals surface area contributed by atoms with Crippen molar-refractivity contribution in [3.8, 4) is 0 Å². The minimum atomic E-state index is 0.539. The van der Waals surface area contributed by atoms with Crippen molar-refractivity contribution in [2.45, 2.75) is 46.3 Å². The maximum absolute atomic E-state index is 4.43. The molecule has 0 spiro atoms. The highest BCUT2D eigenvalue weighted by Crippen LogP contribution is 2.08. The summed E-state index contributed by atoms with van der Waals surface area (Å²) in [6, 6.07) is 11.0. The normalized spacial score (nSPS) is 14.2. The molecule has 2 rings (SSSR count). The van der Waals surface area contributed by atoms with Crippen LogP contribution in [0.2, 0.25) is 0 Å². The molecule has 3 nitrogen and oxygen atoms in total. The van der Waals surface area contributed by atoms with Crippen molar-refractivity contribution in [1.29, 1.82) is 0 Å². The molecule has 0 saturated heterocycles. The van der Waals surface area contributed by atoms with Gasteiger partial charge in [0.15, 0.2) is 0 Å². The monoisotopic (exact) mass is 271 g/mol. The molecule has 1 N–H and O–H groups in total. The molecule has 0 saturated carbocycles. The van der Waals surface area contributed by atoms with E-state index in [1.54, 1.807) is 0 Å². The molecule has 1 aromatic heterocycles. The highest BCUT2D eigenvalue weighted by atomic mass is 15.3. The van der Waals surface area contributed by atoms with Gasteiger partial charge in [0.2, 0.25) is 0 Å². The highest BCUT2D eigenvalue weighted by molar-refractivity contribution is 5.15. The maximum atomic E-state index is 4.43. The fourth-order valence-electron chi connectivity index (χ4n) is 2.19. The summed E-state index contributed by atoms with van der Waals surface area (Å²) < 4.78 is 2.00. The summed E-state index contributed by atoms with van der Waals surface area (Å²) in [7, 11) is 0. The van der Waals surface area contributed by atoms with Crippen molar-refractivity contribution in [3.63, 3.8) is 0 Å². The fraction of sp³-hybridized carbons (Fsp3) is 0.471. The van der Waals surface area contributed by atoms with Gasteiger partial charge >= 0.3 is 0 Å². The van der Waals surface area contributed by atoms with Crippen molar-refractivity contribution < 1.29 is 0 Å². The van der Waals surface area contributed by atoms with E-state index in [1.807, 2.05) is 16.9 Å². The van der Waals surface area contributed by atoms with Crippen LogP contribution in [-0.2, 0) is 13.1 Å². The van der Waals surface area contributed by atoms with Gasteiger partial charge in [-0.05, 0) is 18.4 Å². The Hall–Kier alpha value is -1.61. The molecule has 2 aromatic rings. The van der Waals surface area contributed by atoms with E-state index in [4.69, 9.17) is 0 Å². The van der Waals surface area contributed by atoms with Gasteiger partial charge in [0.1, 0.15) is 0 Å². The third kappa shape index (κ3) is 4.20. The number of aromatic nitrogens is 2. The van der Waals surface area contributed by atoms with Gasteiger partial charge in [0, 0.05) is 24.3 Å². The molecule has 1 aromatic carbocycles. The zero-order chi connectivity index (χ0) is 14.4. The van der Waals surface area contributed by atoms with E-state index in [0.29, 0.717) is 12.0 Å². The van der Waals surface area contributed by atoms with Gasteiger partial charge < -0.3 is 5.32 Å². The highest BCUT2D eigenvalue weighted by Gasteiger charge is 2.09. The Balaban J connectivity index is 1.86. The summed E-state index contributed by atoms with van der Waals surface area (Å²) in [4.78, 5) is 0. The van der Waals surface area contributed by atoms with Crippen LogP contribution >= 0.6 is 0 Å². The predicted molar refractivity (Wildman–Crippen MR) is 83.5 cm³/mol. The Morgan fingerprint density at radius 3 is 2.60 bits per heavy atom. The van der Waals surface area contributed by atoms with Crippen molar-refractivity contribution in [3.05, 3.63) is 53.9 Å². The van der Waals surface area contributed by atoms with Crippen molar-refractivity contribution in [2.75, 3.05) is 0 Å². The predicted octanol–water partition coefficient (Wildman–Crippen LogP) is 3.46. The first-order chi connectivity index (χ1) is 9.69. The molecule has 0 aliphatic heterocycles. The zero-order valence-electron chi connectivity index (χ0n) is 12.7. The van der Waals surface area contributed by atoms with Crippen LogP contribution in [0.15, 0.2) is 42.7 Å². The number of hydrogen-bond acceptors (Lipinski definition) is 2. The fourth-order valence-corrected chi connectivity index (χ4v) is 2.19. The number of benzene rings is 1. The first kappa shape index (κ1) is 14.8. The molecule has 0 radical (unpaired) electrons. The Morgan fingerprint density at radius 1 is 1.15 bits per heavy atom. The maximum Gasteiger partial charge on any atom is 0.0659 e. The van der Waals surface area contributed by atoms with Crippen LogP contribution in [0.25, 0.3) is 0 Å². The van der Waals surface area contributed by atoms with Crippen molar-refractivity contribution in [2.24, 2.45) is 5.92 Å². The molecule has 1 heterocycles. The van der Waals surface area contributed by atoms with Gasteiger partial charge in [-0.1, -0.05) is 50.6 Å². The topological polar surface area (TPSA) is 29.9 Å². The largest absolute Gasteiger partial charge is 0.310 e. The summed E-state index contributed by atoms with van der Waals surface area (Å²) in [5.41, 5.74) is 2.53. The van der Waals surface area contributed by atoms with Crippen LogP contribution in [0, 0.1) is 5.92 Å². The van der Waals surface area contributed by atoms with E-state index in [0.717, 1.165) is 13.1 Å². The Labute approximate surface area is 122 Å². The first-order valence-electron chi connectivity index (χ1n) is 7.47. The Bertz CT molecular complexity index is 504. The number of hydrogen-bond donors (Lipinski definition) is 1. The van der Waals surface area contributed by atoms with Gasteiger partial charge in [-0.25, -0.2) is 0 Å². The zero-order valence-corrected chi connectivity index (χ0v) is 12.7. The summed E-state index contributed by atoms with van der Waals surface area (Å²) in [6.07, 6.45) is 5.30. The molecular weight excluding hydrogens is 246 g/mol. The van der Waals surface area contributed by atoms with Gasteiger partial charge in [-0.15, -0.1) is 0 Å². The second-order valence-corrected chi connectivity index (χ2v) is 5.59. The van der Waals surface area contributed by atoms with E-state index in [2.05, 4.69) is 61.6 Å². The molecule has 0 aliphatic rings. The molecule has 0 amide bonds. The van der Waals surface area contributed by atoms with Gasteiger partial charge in [0.25, 0.3) is 0 Å². The lowest BCUT2D eigenvalue weighted by Gasteiger charge is -2.19. The summed E-state index contributed by atoms with van der Waals surface area (Å²) in [6.45, 7) is 8.50. The van der Waals surface area contributed by atoms with Crippen LogP contribution in [0.4, 0.5) is 0 Å². The molecule has 0 bridgehead atoms. The Kier molecular flexibility index (Phi) is 5.36. The molecule has 3 heteroatoms.